The van der Waals surface area contributed by atoms with Crippen LogP contribution in [0.5, 0.6) is 0 Å². The van der Waals surface area contributed by atoms with E-state index >= 15 is 0 Å². The Morgan fingerprint density at radius 2 is 2.19 bits per heavy atom. The highest BCUT2D eigenvalue weighted by Crippen LogP contribution is 2.27. The second-order valence-corrected chi connectivity index (χ2v) is 5.80. The van der Waals surface area contributed by atoms with Gasteiger partial charge in [0.1, 0.15) is 5.02 Å². The quantitative estimate of drug-likeness (QED) is 0.809. The Morgan fingerprint density at radius 3 is 2.81 bits per heavy atom. The van der Waals surface area contributed by atoms with Crippen LogP contribution in [0.2, 0.25) is 5.02 Å². The molecule has 0 amide bonds. The smallest absolute Gasteiger partial charge is 0.287 e. The molecular weight excluding hydrogens is 292 g/mol. The highest BCUT2D eigenvalue weighted by molar-refractivity contribution is 6.33. The van der Waals surface area contributed by atoms with Crippen LogP contribution in [0.25, 0.3) is 0 Å². The summed E-state index contributed by atoms with van der Waals surface area (Å²) < 4.78 is 1.20. The number of rotatable bonds is 6. The molecule has 0 radical (unpaired) electrons. The zero-order chi connectivity index (χ0) is 15.2. The summed E-state index contributed by atoms with van der Waals surface area (Å²) in [5.74, 6) is 0.732. The van der Waals surface area contributed by atoms with Gasteiger partial charge in [-0.3, -0.25) is 4.79 Å². The Balaban J connectivity index is 2.03. The van der Waals surface area contributed by atoms with Crippen molar-refractivity contribution in [2.45, 2.75) is 25.8 Å². The van der Waals surface area contributed by atoms with E-state index in [9.17, 15) is 4.79 Å². The van der Waals surface area contributed by atoms with Crippen LogP contribution in [-0.2, 0) is 6.54 Å². The lowest BCUT2D eigenvalue weighted by atomic mass is 9.93. The molecule has 7 heteroatoms. The van der Waals surface area contributed by atoms with Crippen molar-refractivity contribution in [3.05, 3.63) is 21.6 Å². The largest absolute Gasteiger partial charge is 0.394 e. The van der Waals surface area contributed by atoms with Gasteiger partial charge < -0.3 is 15.3 Å². The Bertz CT molecular complexity index is 512. The van der Waals surface area contributed by atoms with Crippen molar-refractivity contribution in [2.75, 3.05) is 38.2 Å². The number of hydrogen-bond donors (Lipinski definition) is 2. The first-order chi connectivity index (χ1) is 10.2. The predicted molar refractivity (Wildman–Crippen MR) is 84.1 cm³/mol. The number of anilines is 1. The van der Waals surface area contributed by atoms with E-state index in [4.69, 9.17) is 16.7 Å². The van der Waals surface area contributed by atoms with Crippen LogP contribution < -0.4 is 15.8 Å². The van der Waals surface area contributed by atoms with Gasteiger partial charge in [-0.25, -0.2) is 4.68 Å². The van der Waals surface area contributed by atoms with Crippen LogP contribution >= 0.6 is 11.6 Å². The molecule has 0 bridgehead atoms. The van der Waals surface area contributed by atoms with Crippen LogP contribution in [0.15, 0.2) is 11.0 Å². The van der Waals surface area contributed by atoms with Gasteiger partial charge in [-0.15, -0.1) is 0 Å². The van der Waals surface area contributed by atoms with E-state index in [0.717, 1.165) is 38.4 Å². The summed E-state index contributed by atoms with van der Waals surface area (Å²) >= 11 is 6.18. The third-order valence-electron chi connectivity index (χ3n) is 4.04. The molecule has 2 heterocycles. The van der Waals surface area contributed by atoms with Crippen molar-refractivity contribution < 1.29 is 5.11 Å². The zero-order valence-corrected chi connectivity index (χ0v) is 13.1. The van der Waals surface area contributed by atoms with Gasteiger partial charge in [-0.1, -0.05) is 11.6 Å². The molecule has 118 valence electrons. The van der Waals surface area contributed by atoms with E-state index in [1.165, 1.54) is 11.1 Å². The fourth-order valence-corrected chi connectivity index (χ4v) is 3.01. The van der Waals surface area contributed by atoms with Gasteiger partial charge in [0.05, 0.1) is 25.0 Å². The minimum atomic E-state index is -0.333. The summed E-state index contributed by atoms with van der Waals surface area (Å²) in [7, 11) is 1.97. The number of hydrogen-bond acceptors (Lipinski definition) is 5. The number of piperidine rings is 1. The highest BCUT2D eigenvalue weighted by Gasteiger charge is 2.22. The van der Waals surface area contributed by atoms with Crippen LogP contribution in [0.3, 0.4) is 0 Å². The Hall–Kier alpha value is -1.11. The maximum atomic E-state index is 12.1. The monoisotopic (exact) mass is 314 g/mol. The highest BCUT2D eigenvalue weighted by atomic mass is 35.5. The third kappa shape index (κ3) is 3.96. The Labute approximate surface area is 129 Å². The van der Waals surface area contributed by atoms with Crippen molar-refractivity contribution in [1.29, 1.82) is 0 Å². The molecule has 0 aliphatic carbocycles. The number of halogens is 1. The van der Waals surface area contributed by atoms with Gasteiger partial charge in [-0.05, 0) is 38.8 Å². The van der Waals surface area contributed by atoms with Crippen LogP contribution in [-0.4, -0.2) is 48.2 Å². The normalized spacial score (nSPS) is 16.4. The summed E-state index contributed by atoms with van der Waals surface area (Å²) in [4.78, 5) is 14.2. The maximum Gasteiger partial charge on any atom is 0.287 e. The van der Waals surface area contributed by atoms with Crippen molar-refractivity contribution in [1.82, 2.24) is 15.1 Å². The minimum absolute atomic E-state index is 0.126. The number of nitrogens with zero attached hydrogens (tertiary/aromatic N) is 3. The fraction of sp³-hybridized carbons (Fsp3) is 0.714. The molecule has 1 aliphatic heterocycles. The first kappa shape index (κ1) is 16.3. The summed E-state index contributed by atoms with van der Waals surface area (Å²) in [6.07, 6.45) is 5.04. The van der Waals surface area contributed by atoms with E-state index in [2.05, 4.69) is 15.3 Å². The predicted octanol–water partition coefficient (Wildman–Crippen LogP) is 0.715. The number of nitrogens with one attached hydrogen (secondary N) is 1. The molecule has 2 N–H and O–H groups in total. The number of aliphatic hydroxyl groups is 1. The fourth-order valence-electron chi connectivity index (χ4n) is 2.74. The minimum Gasteiger partial charge on any atom is -0.394 e. The van der Waals surface area contributed by atoms with Crippen LogP contribution in [0.1, 0.15) is 19.3 Å². The average Bonchev–Trinajstić information content (AvgIpc) is 2.51. The van der Waals surface area contributed by atoms with Crippen LogP contribution in [0.4, 0.5) is 5.69 Å². The van der Waals surface area contributed by atoms with Gasteiger partial charge in [0.25, 0.3) is 5.56 Å². The molecule has 0 atom stereocenters. The van der Waals surface area contributed by atoms with E-state index < -0.39 is 0 Å². The van der Waals surface area contributed by atoms with E-state index in [1.807, 2.05) is 7.05 Å². The molecule has 0 saturated carbocycles. The lowest BCUT2D eigenvalue weighted by Crippen LogP contribution is -2.36. The Morgan fingerprint density at radius 1 is 1.48 bits per heavy atom. The van der Waals surface area contributed by atoms with Gasteiger partial charge in [0, 0.05) is 13.1 Å². The van der Waals surface area contributed by atoms with E-state index in [-0.39, 0.29) is 23.7 Å². The van der Waals surface area contributed by atoms with Crippen LogP contribution in [0, 0.1) is 5.92 Å². The first-order valence-electron chi connectivity index (χ1n) is 7.43. The van der Waals surface area contributed by atoms with Gasteiger partial charge in [0.15, 0.2) is 0 Å². The molecule has 0 spiro atoms. The Kier molecular flexibility index (Phi) is 6.02. The molecular formula is C14H23ClN4O2. The van der Waals surface area contributed by atoms with Gasteiger partial charge in [-0.2, -0.15) is 5.10 Å². The van der Waals surface area contributed by atoms with Crippen molar-refractivity contribution in [3.8, 4) is 0 Å². The number of aromatic nitrogens is 2. The topological polar surface area (TPSA) is 70.4 Å². The lowest BCUT2D eigenvalue weighted by Gasteiger charge is -2.33. The molecule has 1 aromatic rings. The summed E-state index contributed by atoms with van der Waals surface area (Å²) in [6.45, 7) is 2.90. The lowest BCUT2D eigenvalue weighted by molar-refractivity contribution is 0.266. The molecule has 0 aromatic carbocycles. The molecule has 1 aliphatic rings. The second kappa shape index (κ2) is 7.77. The van der Waals surface area contributed by atoms with Gasteiger partial charge >= 0.3 is 0 Å². The van der Waals surface area contributed by atoms with E-state index in [1.54, 1.807) is 6.20 Å². The average molecular weight is 315 g/mol. The molecule has 21 heavy (non-hydrogen) atoms. The third-order valence-corrected chi connectivity index (χ3v) is 4.39. The zero-order valence-electron chi connectivity index (χ0n) is 12.4. The van der Waals surface area contributed by atoms with Crippen molar-refractivity contribution >= 4 is 17.3 Å². The molecule has 2 rings (SSSR count). The molecule has 1 fully saturated rings. The molecule has 1 saturated heterocycles. The van der Waals surface area contributed by atoms with Crippen molar-refractivity contribution in [2.24, 2.45) is 5.92 Å². The van der Waals surface area contributed by atoms with Crippen molar-refractivity contribution in [3.63, 3.8) is 0 Å². The summed E-state index contributed by atoms with van der Waals surface area (Å²) in [6, 6.07) is 0. The SMILES string of the molecule is CNCCC1CCN(c2cnn(CCO)c(=O)c2Cl)CC1. The molecule has 0 unspecified atom stereocenters. The molecule has 1 aromatic heterocycles. The first-order valence-corrected chi connectivity index (χ1v) is 7.81. The summed E-state index contributed by atoms with van der Waals surface area (Å²) in [5.41, 5.74) is 0.378. The second-order valence-electron chi connectivity index (χ2n) is 5.42. The summed E-state index contributed by atoms with van der Waals surface area (Å²) in [5, 5.41) is 16.4. The number of aliphatic hydroxyl groups excluding tert-OH is 1. The van der Waals surface area contributed by atoms with Gasteiger partial charge in [0.2, 0.25) is 0 Å². The maximum absolute atomic E-state index is 12.1. The standard InChI is InChI=1S/C14H23ClN4O2/c1-16-5-2-11-3-6-18(7-4-11)12-10-17-19(8-9-20)14(21)13(12)15/h10-11,16,20H,2-9H2,1H3. The van der Waals surface area contributed by atoms with E-state index in [0.29, 0.717) is 5.69 Å². The molecule has 6 nitrogen and oxygen atoms in total.